The Labute approximate surface area is 127 Å². The van der Waals surface area contributed by atoms with Crippen LogP contribution in [0.15, 0.2) is 16.6 Å². The molecule has 1 aromatic carbocycles. The third kappa shape index (κ3) is 2.95. The van der Waals surface area contributed by atoms with Crippen LogP contribution in [0.5, 0.6) is 11.5 Å². The zero-order chi connectivity index (χ0) is 13.9. The average molecular weight is 342 g/mol. The van der Waals surface area contributed by atoms with Crippen LogP contribution in [0.4, 0.5) is 0 Å². The van der Waals surface area contributed by atoms with E-state index in [1.807, 2.05) is 12.1 Å². The molecule has 20 heavy (non-hydrogen) atoms. The van der Waals surface area contributed by atoms with Crippen molar-refractivity contribution in [2.75, 3.05) is 19.8 Å². The van der Waals surface area contributed by atoms with Gasteiger partial charge in [0.2, 0.25) is 0 Å². The van der Waals surface area contributed by atoms with Gasteiger partial charge in [0, 0.05) is 6.04 Å². The number of ether oxygens (including phenoxy) is 2. The first kappa shape index (κ1) is 14.2. The van der Waals surface area contributed by atoms with Crippen LogP contribution in [0.3, 0.4) is 0 Å². The molecule has 1 aromatic rings. The molecule has 0 amide bonds. The van der Waals surface area contributed by atoms with Gasteiger partial charge in [0.05, 0.1) is 10.6 Å². The average Bonchev–Trinajstić information content (AvgIpc) is 2.75. The molecule has 110 valence electrons. The van der Waals surface area contributed by atoms with Gasteiger partial charge in [-0.2, -0.15) is 0 Å². The Morgan fingerprint density at radius 3 is 2.95 bits per heavy atom. The SMILES string of the molecule is OC(c1cc(Br)c2c(c1)OCCO2)C1CCCCCN1. The zero-order valence-electron chi connectivity index (χ0n) is 11.4. The minimum atomic E-state index is -0.514. The maximum atomic E-state index is 10.6. The van der Waals surface area contributed by atoms with Crippen LogP contribution in [0.1, 0.15) is 37.4 Å². The molecule has 0 spiro atoms. The molecule has 5 heteroatoms. The summed E-state index contributed by atoms with van der Waals surface area (Å²) >= 11 is 3.50. The molecule has 2 aliphatic heterocycles. The first-order valence-corrected chi connectivity index (χ1v) is 8.05. The molecule has 0 bridgehead atoms. The molecule has 2 heterocycles. The van der Waals surface area contributed by atoms with Crippen molar-refractivity contribution in [3.63, 3.8) is 0 Å². The summed E-state index contributed by atoms with van der Waals surface area (Å²) in [7, 11) is 0. The Morgan fingerprint density at radius 1 is 1.20 bits per heavy atom. The van der Waals surface area contributed by atoms with E-state index in [0.29, 0.717) is 19.0 Å². The molecule has 2 N–H and O–H groups in total. The molecule has 2 atom stereocenters. The predicted octanol–water partition coefficient (Wildman–Crippen LogP) is 2.79. The molecule has 2 aliphatic rings. The highest BCUT2D eigenvalue weighted by atomic mass is 79.9. The Kier molecular flexibility index (Phi) is 4.48. The van der Waals surface area contributed by atoms with E-state index < -0.39 is 6.10 Å². The minimum absolute atomic E-state index is 0.118. The van der Waals surface area contributed by atoms with E-state index in [0.717, 1.165) is 28.8 Å². The molecule has 0 aliphatic carbocycles. The number of nitrogens with one attached hydrogen (secondary N) is 1. The highest BCUT2D eigenvalue weighted by Crippen LogP contribution is 2.40. The predicted molar refractivity (Wildman–Crippen MR) is 80.4 cm³/mol. The lowest BCUT2D eigenvalue weighted by Crippen LogP contribution is -2.34. The highest BCUT2D eigenvalue weighted by Gasteiger charge is 2.25. The van der Waals surface area contributed by atoms with Crippen molar-refractivity contribution in [3.8, 4) is 11.5 Å². The minimum Gasteiger partial charge on any atom is -0.486 e. The Hall–Kier alpha value is -0.780. The highest BCUT2D eigenvalue weighted by molar-refractivity contribution is 9.10. The maximum absolute atomic E-state index is 10.6. The number of aliphatic hydroxyl groups excluding tert-OH is 1. The van der Waals surface area contributed by atoms with Crippen LogP contribution in [-0.2, 0) is 0 Å². The molecular weight excluding hydrogens is 322 g/mol. The molecule has 0 radical (unpaired) electrons. The van der Waals surface area contributed by atoms with E-state index in [2.05, 4.69) is 21.2 Å². The van der Waals surface area contributed by atoms with Crippen molar-refractivity contribution in [2.45, 2.75) is 37.8 Å². The van der Waals surface area contributed by atoms with Crippen molar-refractivity contribution in [1.29, 1.82) is 0 Å². The summed E-state index contributed by atoms with van der Waals surface area (Å²) in [6, 6.07) is 3.95. The van der Waals surface area contributed by atoms with Gasteiger partial charge in [-0.15, -0.1) is 0 Å². The molecule has 1 saturated heterocycles. The number of benzene rings is 1. The van der Waals surface area contributed by atoms with Crippen LogP contribution >= 0.6 is 15.9 Å². The summed E-state index contributed by atoms with van der Waals surface area (Å²) in [5.74, 6) is 1.45. The summed E-state index contributed by atoms with van der Waals surface area (Å²) in [6.07, 6.45) is 4.09. The molecule has 0 saturated carbocycles. The standard InChI is InChI=1S/C15H20BrNO3/c16-11-8-10(9-13-15(11)20-7-6-19-13)14(18)12-4-2-1-3-5-17-12/h8-9,12,14,17-18H,1-7H2. The Balaban J connectivity index is 1.83. The largest absolute Gasteiger partial charge is 0.486 e. The number of halogens is 1. The van der Waals surface area contributed by atoms with Gasteiger partial charge in [0.15, 0.2) is 11.5 Å². The van der Waals surface area contributed by atoms with Gasteiger partial charge in [0.25, 0.3) is 0 Å². The van der Waals surface area contributed by atoms with Gasteiger partial charge in [-0.25, -0.2) is 0 Å². The van der Waals surface area contributed by atoms with E-state index in [-0.39, 0.29) is 6.04 Å². The summed E-state index contributed by atoms with van der Waals surface area (Å²) < 4.78 is 12.1. The third-order valence-electron chi connectivity index (χ3n) is 3.94. The van der Waals surface area contributed by atoms with Gasteiger partial charge < -0.3 is 19.9 Å². The van der Waals surface area contributed by atoms with Gasteiger partial charge in [0.1, 0.15) is 13.2 Å². The number of fused-ring (bicyclic) bond motifs is 1. The molecule has 3 rings (SSSR count). The van der Waals surface area contributed by atoms with Gasteiger partial charge >= 0.3 is 0 Å². The van der Waals surface area contributed by atoms with Crippen LogP contribution in [0.2, 0.25) is 0 Å². The van der Waals surface area contributed by atoms with Crippen LogP contribution in [0.25, 0.3) is 0 Å². The number of hydrogen-bond donors (Lipinski definition) is 2. The first-order chi connectivity index (χ1) is 9.75. The van der Waals surface area contributed by atoms with Crippen molar-refractivity contribution in [3.05, 3.63) is 22.2 Å². The fourth-order valence-corrected chi connectivity index (χ4v) is 3.43. The fraction of sp³-hybridized carbons (Fsp3) is 0.600. The van der Waals surface area contributed by atoms with Crippen molar-refractivity contribution in [2.24, 2.45) is 0 Å². The molecular formula is C15H20BrNO3. The Bertz CT molecular complexity index is 472. The second-order valence-corrected chi connectivity index (χ2v) is 6.24. The van der Waals surface area contributed by atoms with Gasteiger partial charge in [-0.05, 0) is 53.0 Å². The molecule has 4 nitrogen and oxygen atoms in total. The number of rotatable bonds is 2. The molecule has 0 aromatic heterocycles. The van der Waals surface area contributed by atoms with Crippen LogP contribution in [0, 0.1) is 0 Å². The monoisotopic (exact) mass is 341 g/mol. The van der Waals surface area contributed by atoms with Crippen LogP contribution < -0.4 is 14.8 Å². The van der Waals surface area contributed by atoms with E-state index in [9.17, 15) is 5.11 Å². The molecule has 1 fully saturated rings. The molecule has 2 unspecified atom stereocenters. The van der Waals surface area contributed by atoms with Gasteiger partial charge in [-0.3, -0.25) is 0 Å². The second-order valence-electron chi connectivity index (χ2n) is 5.38. The van der Waals surface area contributed by atoms with Gasteiger partial charge in [-0.1, -0.05) is 12.8 Å². The smallest absolute Gasteiger partial charge is 0.175 e. The summed E-state index contributed by atoms with van der Waals surface area (Å²) in [6.45, 7) is 2.10. The van der Waals surface area contributed by atoms with Crippen LogP contribution in [-0.4, -0.2) is 30.9 Å². The number of aliphatic hydroxyl groups is 1. The normalized spacial score (nSPS) is 24.0. The van der Waals surface area contributed by atoms with E-state index in [1.165, 1.54) is 19.3 Å². The van der Waals surface area contributed by atoms with Crippen molar-refractivity contribution in [1.82, 2.24) is 5.32 Å². The van der Waals surface area contributed by atoms with E-state index in [1.54, 1.807) is 0 Å². The fourth-order valence-electron chi connectivity index (χ4n) is 2.86. The second kappa shape index (κ2) is 6.33. The van der Waals surface area contributed by atoms with Crippen molar-refractivity contribution < 1.29 is 14.6 Å². The Morgan fingerprint density at radius 2 is 2.05 bits per heavy atom. The van der Waals surface area contributed by atoms with E-state index >= 15 is 0 Å². The van der Waals surface area contributed by atoms with E-state index in [4.69, 9.17) is 9.47 Å². The summed E-state index contributed by atoms with van der Waals surface area (Å²) in [5, 5.41) is 14.1. The van der Waals surface area contributed by atoms with Crippen molar-refractivity contribution >= 4 is 15.9 Å². The lowest BCUT2D eigenvalue weighted by molar-refractivity contribution is 0.124. The summed E-state index contributed by atoms with van der Waals surface area (Å²) in [5.41, 5.74) is 0.875. The zero-order valence-corrected chi connectivity index (χ0v) is 13.0. The first-order valence-electron chi connectivity index (χ1n) is 7.26. The summed E-state index contributed by atoms with van der Waals surface area (Å²) in [4.78, 5) is 0. The lowest BCUT2D eigenvalue weighted by atomic mass is 9.98. The topological polar surface area (TPSA) is 50.7 Å². The third-order valence-corrected chi connectivity index (χ3v) is 4.53. The maximum Gasteiger partial charge on any atom is 0.175 e. The lowest BCUT2D eigenvalue weighted by Gasteiger charge is -2.25. The number of hydrogen-bond acceptors (Lipinski definition) is 4. The quantitative estimate of drug-likeness (QED) is 0.868.